The number of benzene rings is 2. The van der Waals surface area contributed by atoms with Crippen LogP contribution in [0.4, 0.5) is 14.9 Å². The molecule has 0 saturated carbocycles. The highest BCUT2D eigenvalue weighted by Gasteiger charge is 2.18. The quantitative estimate of drug-likeness (QED) is 0.813. The van der Waals surface area contributed by atoms with Crippen molar-refractivity contribution in [2.45, 2.75) is 0 Å². The molecular weight excluding hydrogens is 343 g/mol. The highest BCUT2D eigenvalue weighted by Crippen LogP contribution is 2.17. The molecule has 0 aliphatic carbocycles. The second-order valence-electron chi connectivity index (χ2n) is 4.02. The van der Waals surface area contributed by atoms with E-state index in [0.29, 0.717) is 5.01 Å². The van der Waals surface area contributed by atoms with Gasteiger partial charge in [0.25, 0.3) is 5.91 Å². The summed E-state index contributed by atoms with van der Waals surface area (Å²) in [6, 6.07) is 11.8. The zero-order valence-corrected chi connectivity index (χ0v) is 12.2. The average Bonchev–Trinajstić information content (AvgIpc) is 2.48. The van der Waals surface area contributed by atoms with Gasteiger partial charge in [-0.3, -0.25) is 10.2 Å². The summed E-state index contributed by atoms with van der Waals surface area (Å²) >= 11 is 2.98. The number of halogens is 2. The molecule has 2 N–H and O–H groups in total. The summed E-state index contributed by atoms with van der Waals surface area (Å²) in [5.74, 6) is -1.34. The fourth-order valence-corrected chi connectivity index (χ4v) is 1.85. The van der Waals surface area contributed by atoms with Crippen molar-refractivity contribution in [1.29, 1.82) is 0 Å². The first kappa shape index (κ1) is 15.0. The third-order valence-electron chi connectivity index (χ3n) is 2.60. The Balaban J connectivity index is 2.23. The second kappa shape index (κ2) is 6.36. The third kappa shape index (κ3) is 3.57. The predicted molar refractivity (Wildman–Crippen MR) is 78.5 cm³/mol. The maximum atomic E-state index is 13.4. The van der Waals surface area contributed by atoms with Gasteiger partial charge in [0.15, 0.2) is 0 Å². The lowest BCUT2D eigenvalue weighted by Gasteiger charge is -2.20. The number of hydrogen-bond donors (Lipinski definition) is 2. The van der Waals surface area contributed by atoms with Crippen molar-refractivity contribution in [3.63, 3.8) is 0 Å². The van der Waals surface area contributed by atoms with Crippen LogP contribution in [0.5, 0.6) is 0 Å². The molecule has 0 saturated heterocycles. The monoisotopic (exact) mass is 352 g/mol. The summed E-state index contributed by atoms with van der Waals surface area (Å²) in [5.41, 5.74) is 2.49. The van der Waals surface area contributed by atoms with Gasteiger partial charge in [0.1, 0.15) is 5.82 Å². The van der Waals surface area contributed by atoms with Gasteiger partial charge in [0, 0.05) is 5.56 Å². The van der Waals surface area contributed by atoms with E-state index in [9.17, 15) is 14.0 Å². The lowest BCUT2D eigenvalue weighted by molar-refractivity contribution is 0.0944. The largest absolute Gasteiger partial charge is 0.463 e. The number of rotatable bonds is 2. The van der Waals surface area contributed by atoms with Crippen LogP contribution in [0.25, 0.3) is 0 Å². The minimum atomic E-state index is -1.35. The van der Waals surface area contributed by atoms with Crippen molar-refractivity contribution in [1.82, 2.24) is 5.43 Å². The number of hydrazine groups is 1. The molecule has 108 valence electrons. The molecule has 2 rings (SSSR count). The van der Waals surface area contributed by atoms with Crippen LogP contribution < -0.4 is 10.4 Å². The summed E-state index contributed by atoms with van der Waals surface area (Å²) in [7, 11) is 0. The van der Waals surface area contributed by atoms with E-state index in [1.54, 1.807) is 18.2 Å². The molecule has 7 heteroatoms. The fourth-order valence-electron chi connectivity index (χ4n) is 1.60. The normalized spacial score (nSPS) is 10.0. The molecular formula is C14H10BrFN2O3. The Morgan fingerprint density at radius 1 is 1.14 bits per heavy atom. The number of amides is 2. The molecule has 0 atom stereocenters. The Bertz CT molecular complexity index is 679. The highest BCUT2D eigenvalue weighted by molar-refractivity contribution is 9.10. The first-order chi connectivity index (χ1) is 9.99. The standard InChI is InChI=1S/C14H10BrFN2O3/c15-11-7-6-9(8-12(11)16)13(19)17-18(14(20)21)10-4-2-1-3-5-10/h1-8H,(H,17,19)(H,20,21). The Morgan fingerprint density at radius 2 is 1.81 bits per heavy atom. The molecule has 0 radical (unpaired) electrons. The van der Waals surface area contributed by atoms with Gasteiger partial charge in [-0.15, -0.1) is 0 Å². The van der Waals surface area contributed by atoms with Gasteiger partial charge in [-0.25, -0.2) is 9.18 Å². The Morgan fingerprint density at radius 3 is 2.38 bits per heavy atom. The van der Waals surface area contributed by atoms with Crippen LogP contribution in [0.2, 0.25) is 0 Å². The lowest BCUT2D eigenvalue weighted by atomic mass is 10.2. The summed E-state index contributed by atoms with van der Waals surface area (Å²) < 4.78 is 13.6. The topological polar surface area (TPSA) is 69.6 Å². The van der Waals surface area contributed by atoms with Gasteiger partial charge >= 0.3 is 6.09 Å². The van der Waals surface area contributed by atoms with Crippen LogP contribution in [0, 0.1) is 5.82 Å². The van der Waals surface area contributed by atoms with Gasteiger partial charge in [-0.2, -0.15) is 5.01 Å². The van der Waals surface area contributed by atoms with E-state index in [-0.39, 0.29) is 15.7 Å². The molecule has 2 amide bonds. The minimum Gasteiger partial charge on any atom is -0.463 e. The molecule has 0 heterocycles. The lowest BCUT2D eigenvalue weighted by Crippen LogP contribution is -2.45. The van der Waals surface area contributed by atoms with Gasteiger partial charge in [-0.1, -0.05) is 18.2 Å². The molecule has 0 unspecified atom stereocenters. The van der Waals surface area contributed by atoms with E-state index in [1.165, 1.54) is 24.3 Å². The van der Waals surface area contributed by atoms with E-state index in [1.807, 2.05) is 0 Å². The summed E-state index contributed by atoms with van der Waals surface area (Å²) in [5, 5.41) is 9.82. The van der Waals surface area contributed by atoms with Crippen LogP contribution in [-0.2, 0) is 0 Å². The molecule has 0 spiro atoms. The van der Waals surface area contributed by atoms with Crippen molar-refractivity contribution in [3.8, 4) is 0 Å². The van der Waals surface area contributed by atoms with Gasteiger partial charge in [0.05, 0.1) is 10.2 Å². The number of hydrogen-bond acceptors (Lipinski definition) is 2. The molecule has 21 heavy (non-hydrogen) atoms. The Hall–Kier alpha value is -2.41. The number of nitrogens with one attached hydrogen (secondary N) is 1. The van der Waals surface area contributed by atoms with Crippen molar-refractivity contribution in [2.75, 3.05) is 5.01 Å². The molecule has 0 fully saturated rings. The van der Waals surface area contributed by atoms with Crippen LogP contribution in [-0.4, -0.2) is 17.1 Å². The first-order valence-electron chi connectivity index (χ1n) is 5.83. The molecule has 5 nitrogen and oxygen atoms in total. The Kier molecular flexibility index (Phi) is 4.54. The van der Waals surface area contributed by atoms with Crippen molar-refractivity contribution < 1.29 is 19.1 Å². The maximum Gasteiger partial charge on any atom is 0.431 e. The van der Waals surface area contributed by atoms with E-state index in [0.717, 1.165) is 6.07 Å². The van der Waals surface area contributed by atoms with Crippen molar-refractivity contribution >= 4 is 33.6 Å². The van der Waals surface area contributed by atoms with Gasteiger partial charge in [0.2, 0.25) is 0 Å². The van der Waals surface area contributed by atoms with Crippen molar-refractivity contribution in [2.24, 2.45) is 0 Å². The summed E-state index contributed by atoms with van der Waals surface area (Å²) in [6.07, 6.45) is -1.35. The minimum absolute atomic E-state index is 0.0119. The number of carbonyl (C=O) groups excluding carboxylic acids is 1. The van der Waals surface area contributed by atoms with Crippen LogP contribution in [0.15, 0.2) is 53.0 Å². The number of para-hydroxylation sites is 1. The first-order valence-corrected chi connectivity index (χ1v) is 6.62. The van der Waals surface area contributed by atoms with Crippen LogP contribution in [0.1, 0.15) is 10.4 Å². The van der Waals surface area contributed by atoms with E-state index in [4.69, 9.17) is 5.11 Å². The highest BCUT2D eigenvalue weighted by atomic mass is 79.9. The SMILES string of the molecule is O=C(NN(C(=O)O)c1ccccc1)c1ccc(Br)c(F)c1. The molecule has 0 aromatic heterocycles. The maximum absolute atomic E-state index is 13.4. The van der Waals surface area contributed by atoms with Crippen molar-refractivity contribution in [3.05, 3.63) is 64.4 Å². The zero-order chi connectivity index (χ0) is 15.4. The molecule has 0 aliphatic heterocycles. The molecule has 0 bridgehead atoms. The predicted octanol–water partition coefficient (Wildman–Crippen LogP) is 3.42. The molecule has 2 aromatic carbocycles. The van der Waals surface area contributed by atoms with Gasteiger partial charge in [-0.05, 0) is 46.3 Å². The summed E-state index contributed by atoms with van der Waals surface area (Å²) in [4.78, 5) is 23.2. The molecule has 0 aliphatic rings. The number of nitrogens with zero attached hydrogens (tertiary/aromatic N) is 1. The van der Waals surface area contributed by atoms with E-state index >= 15 is 0 Å². The zero-order valence-electron chi connectivity index (χ0n) is 10.6. The summed E-state index contributed by atoms with van der Waals surface area (Å²) in [6.45, 7) is 0. The van der Waals surface area contributed by atoms with E-state index in [2.05, 4.69) is 21.4 Å². The number of carbonyl (C=O) groups is 2. The second-order valence-corrected chi connectivity index (χ2v) is 4.88. The van der Waals surface area contributed by atoms with Crippen LogP contribution in [0.3, 0.4) is 0 Å². The van der Waals surface area contributed by atoms with E-state index < -0.39 is 17.8 Å². The number of carboxylic acid groups (broad SMARTS) is 1. The fraction of sp³-hybridized carbons (Fsp3) is 0. The third-order valence-corrected chi connectivity index (χ3v) is 3.24. The Labute approximate surface area is 128 Å². The smallest absolute Gasteiger partial charge is 0.431 e. The van der Waals surface area contributed by atoms with Gasteiger partial charge < -0.3 is 5.11 Å². The van der Waals surface area contributed by atoms with Crippen LogP contribution >= 0.6 is 15.9 Å². The molecule has 2 aromatic rings. The average molecular weight is 353 g/mol. The number of anilines is 1.